The van der Waals surface area contributed by atoms with Crippen molar-refractivity contribution >= 4 is 17.0 Å². The molecule has 7 heteroatoms. The molecule has 2 heterocycles. The van der Waals surface area contributed by atoms with E-state index in [1.54, 1.807) is 29.5 Å². The quantitative estimate of drug-likeness (QED) is 0.214. The predicted molar refractivity (Wildman–Crippen MR) is 131 cm³/mol. The monoisotopic (exact) mass is 464 g/mol. The van der Waals surface area contributed by atoms with Gasteiger partial charge in [-0.15, -0.1) is 11.3 Å². The third-order valence-electron chi connectivity index (χ3n) is 5.69. The van der Waals surface area contributed by atoms with Crippen molar-refractivity contribution in [3.05, 3.63) is 105 Å². The summed E-state index contributed by atoms with van der Waals surface area (Å²) in [6.07, 6.45) is 6.20. The first kappa shape index (κ1) is 23.2. The molecule has 3 aromatic rings. The minimum absolute atomic E-state index is 0.00988. The summed E-state index contributed by atoms with van der Waals surface area (Å²) in [5.41, 5.74) is 1.19. The van der Waals surface area contributed by atoms with Gasteiger partial charge in [-0.05, 0) is 35.9 Å². The first-order chi connectivity index (χ1) is 16.2. The highest BCUT2D eigenvalue weighted by Crippen LogP contribution is 2.32. The van der Waals surface area contributed by atoms with E-state index in [-0.39, 0.29) is 17.9 Å². The van der Waals surface area contributed by atoms with Crippen molar-refractivity contribution in [2.24, 2.45) is 0 Å². The van der Waals surface area contributed by atoms with Crippen molar-refractivity contribution in [2.45, 2.75) is 25.0 Å². The maximum Gasteiger partial charge on any atom is 0.310 e. The predicted octanol–water partition coefficient (Wildman–Crippen LogP) is 5.86. The van der Waals surface area contributed by atoms with Crippen LogP contribution in [-0.4, -0.2) is 42.2 Å². The van der Waals surface area contributed by atoms with Gasteiger partial charge in [0.2, 0.25) is 0 Å². The molecule has 1 aliphatic rings. The Hall–Kier alpha value is -3.00. The third kappa shape index (κ3) is 6.51. The second-order valence-corrected chi connectivity index (χ2v) is 8.93. The number of hydrogen-bond donors (Lipinski definition) is 0. The average molecular weight is 465 g/mol. The summed E-state index contributed by atoms with van der Waals surface area (Å²) < 4.78 is 12.1. The highest BCUT2D eigenvalue weighted by Gasteiger charge is 2.24. The molecule has 33 heavy (non-hydrogen) atoms. The lowest BCUT2D eigenvalue weighted by molar-refractivity contribution is -0.385. The summed E-state index contributed by atoms with van der Waals surface area (Å²) in [5, 5.41) is 13.1. The van der Waals surface area contributed by atoms with Gasteiger partial charge in [0, 0.05) is 30.6 Å². The lowest BCUT2D eigenvalue weighted by Crippen LogP contribution is -2.37. The Labute approximate surface area is 198 Å². The maximum atomic E-state index is 11.0. The Kier molecular flexibility index (Phi) is 8.24. The number of para-hydroxylation sites is 2. The summed E-state index contributed by atoms with van der Waals surface area (Å²) in [6, 6.07) is 21.1. The Balaban J connectivity index is 1.22. The van der Waals surface area contributed by atoms with E-state index < -0.39 is 4.92 Å². The van der Waals surface area contributed by atoms with Gasteiger partial charge in [-0.25, -0.2) is 0 Å². The summed E-state index contributed by atoms with van der Waals surface area (Å²) in [7, 11) is 0. The van der Waals surface area contributed by atoms with Crippen LogP contribution in [0, 0.1) is 10.1 Å². The van der Waals surface area contributed by atoms with Gasteiger partial charge in [0.05, 0.1) is 11.0 Å². The van der Waals surface area contributed by atoms with E-state index >= 15 is 0 Å². The molecule has 0 amide bonds. The van der Waals surface area contributed by atoms with Crippen LogP contribution < -0.4 is 4.74 Å². The summed E-state index contributed by atoms with van der Waals surface area (Å²) >= 11 is 1.74. The number of benzene rings is 2. The number of thiophene rings is 1. The number of rotatable bonds is 10. The molecule has 0 N–H and O–H groups in total. The SMILES string of the molecule is O=[N+]([O-])c1ccccc1OCC=CCN1CCC(OC(c2ccccc2)c2cccs2)CC1. The molecule has 0 saturated carbocycles. The van der Waals surface area contributed by atoms with Crippen LogP contribution in [0.3, 0.4) is 0 Å². The molecule has 172 valence electrons. The summed E-state index contributed by atoms with van der Waals surface area (Å²) in [6.45, 7) is 3.10. The molecule has 0 spiro atoms. The number of nitro groups is 1. The molecule has 1 aromatic heterocycles. The topological polar surface area (TPSA) is 64.8 Å². The Morgan fingerprint density at radius 3 is 2.52 bits per heavy atom. The lowest BCUT2D eigenvalue weighted by Gasteiger charge is -2.33. The number of ether oxygens (including phenoxy) is 2. The molecular weight excluding hydrogens is 436 g/mol. The summed E-state index contributed by atoms with van der Waals surface area (Å²) in [5.74, 6) is 0.295. The summed E-state index contributed by atoms with van der Waals surface area (Å²) in [4.78, 5) is 14.3. The van der Waals surface area contributed by atoms with Gasteiger partial charge in [0.1, 0.15) is 12.7 Å². The van der Waals surface area contributed by atoms with Crippen LogP contribution in [-0.2, 0) is 4.74 Å². The molecule has 0 radical (unpaired) electrons. The van der Waals surface area contributed by atoms with Gasteiger partial charge in [-0.3, -0.25) is 15.0 Å². The lowest BCUT2D eigenvalue weighted by atomic mass is 10.0. The normalized spacial score (nSPS) is 16.1. The van der Waals surface area contributed by atoms with Crippen molar-refractivity contribution in [2.75, 3.05) is 26.2 Å². The van der Waals surface area contributed by atoms with Crippen molar-refractivity contribution in [3.8, 4) is 5.75 Å². The first-order valence-electron chi connectivity index (χ1n) is 11.2. The van der Waals surface area contributed by atoms with E-state index in [0.29, 0.717) is 12.4 Å². The fourth-order valence-electron chi connectivity index (χ4n) is 3.96. The van der Waals surface area contributed by atoms with E-state index in [2.05, 4.69) is 52.8 Å². The number of hydrogen-bond acceptors (Lipinski definition) is 6. The van der Waals surface area contributed by atoms with Gasteiger partial charge < -0.3 is 9.47 Å². The van der Waals surface area contributed by atoms with E-state index in [9.17, 15) is 10.1 Å². The highest BCUT2D eigenvalue weighted by atomic mass is 32.1. The number of nitrogens with zero attached hydrogens (tertiary/aromatic N) is 2. The fraction of sp³-hybridized carbons (Fsp3) is 0.308. The van der Waals surface area contributed by atoms with Gasteiger partial charge in [0.25, 0.3) is 0 Å². The molecule has 6 nitrogen and oxygen atoms in total. The zero-order valence-electron chi connectivity index (χ0n) is 18.4. The van der Waals surface area contributed by atoms with E-state index in [1.807, 2.05) is 12.1 Å². The second-order valence-electron chi connectivity index (χ2n) is 7.95. The number of nitro benzene ring substituents is 1. The molecule has 1 fully saturated rings. The average Bonchev–Trinajstić information content (AvgIpc) is 3.38. The second kappa shape index (κ2) is 11.7. The van der Waals surface area contributed by atoms with Crippen LogP contribution in [0.1, 0.15) is 29.4 Å². The molecule has 0 aliphatic carbocycles. The maximum absolute atomic E-state index is 11.0. The smallest absolute Gasteiger partial charge is 0.310 e. The van der Waals surface area contributed by atoms with Crippen LogP contribution in [0.2, 0.25) is 0 Å². The van der Waals surface area contributed by atoms with Gasteiger partial charge in [0.15, 0.2) is 5.75 Å². The molecule has 1 atom stereocenters. The standard InChI is InChI=1S/C26H28N2O4S/c29-28(30)23-11-4-5-12-24(23)31-19-7-6-16-27-17-14-22(15-18-27)32-26(25-13-8-20-33-25)21-9-2-1-3-10-21/h1-13,20,22,26H,14-19H2. The van der Waals surface area contributed by atoms with Crippen molar-refractivity contribution in [3.63, 3.8) is 0 Å². The Bertz CT molecular complexity index is 1030. The van der Waals surface area contributed by atoms with Gasteiger partial charge >= 0.3 is 5.69 Å². The van der Waals surface area contributed by atoms with Crippen molar-refractivity contribution in [1.29, 1.82) is 0 Å². The van der Waals surface area contributed by atoms with E-state index in [4.69, 9.17) is 9.47 Å². The molecule has 0 bridgehead atoms. The number of likely N-dealkylation sites (tertiary alicyclic amines) is 1. The molecular formula is C26H28N2O4S. The minimum atomic E-state index is -0.425. The van der Waals surface area contributed by atoms with Crippen molar-refractivity contribution < 1.29 is 14.4 Å². The third-order valence-corrected chi connectivity index (χ3v) is 6.61. The van der Waals surface area contributed by atoms with Crippen LogP contribution in [0.4, 0.5) is 5.69 Å². The minimum Gasteiger partial charge on any atom is -0.483 e. The van der Waals surface area contributed by atoms with Crippen molar-refractivity contribution in [1.82, 2.24) is 4.90 Å². The van der Waals surface area contributed by atoms with Crippen LogP contribution in [0.15, 0.2) is 84.3 Å². The molecule has 1 unspecified atom stereocenters. The van der Waals surface area contributed by atoms with Gasteiger partial charge in [-0.2, -0.15) is 0 Å². The first-order valence-corrected chi connectivity index (χ1v) is 12.1. The molecule has 1 saturated heterocycles. The molecule has 2 aromatic carbocycles. The Morgan fingerprint density at radius 2 is 1.79 bits per heavy atom. The van der Waals surface area contributed by atoms with Crippen LogP contribution in [0.25, 0.3) is 0 Å². The molecule has 1 aliphatic heterocycles. The van der Waals surface area contributed by atoms with E-state index in [1.165, 1.54) is 16.5 Å². The number of piperidine rings is 1. The van der Waals surface area contributed by atoms with Crippen LogP contribution in [0.5, 0.6) is 5.75 Å². The largest absolute Gasteiger partial charge is 0.483 e. The van der Waals surface area contributed by atoms with Crippen LogP contribution >= 0.6 is 11.3 Å². The Morgan fingerprint density at radius 1 is 1.03 bits per heavy atom. The van der Waals surface area contributed by atoms with Gasteiger partial charge in [-0.1, -0.05) is 60.7 Å². The van der Waals surface area contributed by atoms with E-state index in [0.717, 1.165) is 32.5 Å². The molecule has 4 rings (SSSR count). The fourth-order valence-corrected chi connectivity index (χ4v) is 4.74. The zero-order chi connectivity index (χ0) is 22.9. The highest BCUT2D eigenvalue weighted by molar-refractivity contribution is 7.10. The zero-order valence-corrected chi connectivity index (χ0v) is 19.2.